The minimum absolute atomic E-state index is 0.0947. The van der Waals surface area contributed by atoms with Gasteiger partial charge >= 0.3 is 0 Å². The van der Waals surface area contributed by atoms with Gasteiger partial charge in [0.25, 0.3) is 11.8 Å². The van der Waals surface area contributed by atoms with Crippen LogP contribution in [0.2, 0.25) is 0 Å². The van der Waals surface area contributed by atoms with E-state index in [0.717, 1.165) is 111 Å². The van der Waals surface area contributed by atoms with Crippen molar-refractivity contribution < 1.29 is 32.3 Å². The molecule has 3 aromatic carbocycles. The second-order valence-electron chi connectivity index (χ2n) is 18.2. The van der Waals surface area contributed by atoms with Crippen LogP contribution >= 0.6 is 15.9 Å². The maximum atomic E-state index is 13.3. The summed E-state index contributed by atoms with van der Waals surface area (Å²) in [5.41, 5.74) is 6.73. The van der Waals surface area contributed by atoms with Gasteiger partial charge in [0.1, 0.15) is 17.6 Å². The van der Waals surface area contributed by atoms with Crippen LogP contribution < -0.4 is 45.4 Å². The number of amides is 4. The van der Waals surface area contributed by atoms with Crippen LogP contribution in [0.5, 0.6) is 5.75 Å². The number of imide groups is 2. The van der Waals surface area contributed by atoms with Crippen LogP contribution in [-0.2, 0) is 26.0 Å². The number of nitrogens with zero attached hydrogens (tertiary/aromatic N) is 6. The number of carbonyl (C=O) groups is 4. The summed E-state index contributed by atoms with van der Waals surface area (Å²) in [7, 11) is -1.79. The van der Waals surface area contributed by atoms with Gasteiger partial charge in [0.05, 0.1) is 46.0 Å². The van der Waals surface area contributed by atoms with Crippen LogP contribution in [-0.4, -0.2) is 125 Å². The Morgan fingerprint density at radius 2 is 1.60 bits per heavy atom. The first-order chi connectivity index (χ1) is 32.7. The molecule has 360 valence electrons. The highest BCUT2D eigenvalue weighted by atomic mass is 79.9. The number of carbonyl (C=O) groups excluding carboxylic acids is 4. The summed E-state index contributed by atoms with van der Waals surface area (Å²) >= 11 is 3.56. The molecule has 4 aromatic rings. The number of hydrogen-bond donors (Lipinski definition) is 5. The molecule has 0 radical (unpaired) electrons. The lowest BCUT2D eigenvalue weighted by Crippen LogP contribution is -2.54. The van der Waals surface area contributed by atoms with Crippen LogP contribution in [0.3, 0.4) is 0 Å². The van der Waals surface area contributed by atoms with Gasteiger partial charge in [-0.05, 0) is 122 Å². The number of halogens is 1. The van der Waals surface area contributed by atoms with Gasteiger partial charge in [-0.25, -0.2) is 13.4 Å². The monoisotopic (exact) mass is 1010 g/mol. The summed E-state index contributed by atoms with van der Waals surface area (Å²) in [4.78, 5) is 65.5. The quantitative estimate of drug-likeness (QED) is 0.0720. The Kier molecular flexibility index (Phi) is 13.9. The van der Waals surface area contributed by atoms with Crippen molar-refractivity contribution in [2.24, 2.45) is 5.92 Å². The van der Waals surface area contributed by atoms with Crippen molar-refractivity contribution in [3.05, 3.63) is 81.5 Å². The van der Waals surface area contributed by atoms with Crippen molar-refractivity contribution in [2.45, 2.75) is 70.4 Å². The fourth-order valence-corrected chi connectivity index (χ4v) is 11.4. The number of ether oxygens (including phenoxy) is 1. The molecule has 0 spiro atoms. The lowest BCUT2D eigenvalue weighted by molar-refractivity contribution is -0.136. The first kappa shape index (κ1) is 47.2. The zero-order valence-electron chi connectivity index (χ0n) is 38.6. The summed E-state index contributed by atoms with van der Waals surface area (Å²) < 4.78 is 33.1. The second kappa shape index (κ2) is 20.0. The summed E-state index contributed by atoms with van der Waals surface area (Å²) in [5.74, 6) is 0.168. The number of anilines is 7. The number of aryl methyl sites for hydroxylation is 1. The summed E-state index contributed by atoms with van der Waals surface area (Å²) in [6.45, 7) is 8.83. The molecule has 9 rings (SSSR count). The molecule has 1 aromatic heterocycles. The number of para-hydroxylation sites is 1. The number of aromatic nitrogens is 2. The van der Waals surface area contributed by atoms with Gasteiger partial charge in [0.15, 0.2) is 0 Å². The minimum Gasteiger partial charge on any atom is -0.494 e. The summed E-state index contributed by atoms with van der Waals surface area (Å²) in [6.07, 6.45) is 9.00. The average Bonchev–Trinajstić information content (AvgIpc) is 3.88. The van der Waals surface area contributed by atoms with Crippen molar-refractivity contribution in [1.82, 2.24) is 30.8 Å². The van der Waals surface area contributed by atoms with Gasteiger partial charge in [0.2, 0.25) is 27.8 Å². The number of rotatable bonds is 16. The lowest BCUT2D eigenvalue weighted by atomic mass is 9.93. The Labute approximate surface area is 405 Å². The third kappa shape index (κ3) is 10.00. The Morgan fingerprint density at radius 1 is 0.838 bits per heavy atom. The molecule has 3 saturated heterocycles. The molecule has 20 heteroatoms. The van der Waals surface area contributed by atoms with Crippen molar-refractivity contribution in [3.8, 4) is 5.75 Å². The zero-order chi connectivity index (χ0) is 47.7. The summed E-state index contributed by atoms with van der Waals surface area (Å²) in [5, 5.41) is 16.3. The molecule has 0 bridgehead atoms. The van der Waals surface area contributed by atoms with E-state index in [2.05, 4.69) is 76.4 Å². The van der Waals surface area contributed by atoms with E-state index in [4.69, 9.17) is 9.72 Å². The first-order valence-electron chi connectivity index (χ1n) is 23.4. The number of methoxy groups -OCH3 is 1. The van der Waals surface area contributed by atoms with E-state index in [9.17, 15) is 27.6 Å². The molecule has 5 N–H and O–H groups in total. The molecule has 1 atom stereocenters. The first-order valence-corrected chi connectivity index (χ1v) is 26.0. The Balaban J connectivity index is 0.696. The zero-order valence-corrected chi connectivity index (χ0v) is 41.0. The van der Waals surface area contributed by atoms with Gasteiger partial charge in [-0.3, -0.25) is 33.7 Å². The van der Waals surface area contributed by atoms with Crippen molar-refractivity contribution >= 4 is 89.8 Å². The highest BCUT2D eigenvalue weighted by Gasteiger charge is 2.45. The molecule has 18 nitrogen and oxygen atoms in total. The van der Waals surface area contributed by atoms with Crippen molar-refractivity contribution in [2.75, 3.05) is 90.5 Å². The highest BCUT2D eigenvalue weighted by Crippen LogP contribution is 2.41. The highest BCUT2D eigenvalue weighted by molar-refractivity contribution is 9.10. The van der Waals surface area contributed by atoms with Gasteiger partial charge in [-0.1, -0.05) is 12.1 Å². The van der Waals surface area contributed by atoms with Gasteiger partial charge in [0, 0.05) is 81.9 Å². The third-order valence-corrected chi connectivity index (χ3v) is 15.6. The van der Waals surface area contributed by atoms with Gasteiger partial charge in [-0.15, -0.1) is 0 Å². The Hall–Kier alpha value is -5.83. The van der Waals surface area contributed by atoms with Crippen LogP contribution in [0.25, 0.3) is 0 Å². The van der Waals surface area contributed by atoms with Gasteiger partial charge in [-0.2, -0.15) is 4.98 Å². The van der Waals surface area contributed by atoms with E-state index in [-0.39, 0.29) is 18.7 Å². The van der Waals surface area contributed by atoms with E-state index < -0.39 is 33.8 Å². The van der Waals surface area contributed by atoms with Crippen molar-refractivity contribution in [1.29, 1.82) is 0 Å². The molecule has 4 amide bonds. The van der Waals surface area contributed by atoms with Crippen molar-refractivity contribution in [3.63, 3.8) is 0 Å². The van der Waals surface area contributed by atoms with Crippen LogP contribution in [0.1, 0.15) is 76.8 Å². The van der Waals surface area contributed by atoms with E-state index in [1.807, 2.05) is 24.3 Å². The second-order valence-corrected chi connectivity index (χ2v) is 21.0. The molecular formula is C48H58BrN11O7S. The normalized spacial score (nSPS) is 19.1. The third-order valence-electron chi connectivity index (χ3n) is 13.8. The Morgan fingerprint density at radius 3 is 2.35 bits per heavy atom. The molecule has 0 aliphatic carbocycles. The topological polar surface area (TPSA) is 211 Å². The molecule has 6 heterocycles. The van der Waals surface area contributed by atoms with Crippen LogP contribution in [0, 0.1) is 12.8 Å². The standard InChI is InChI=1S/C48H58BrN11O7S/c1-29-25-38(54-48-52-28-36(49)44(56-48)53-37-6-4-5-31-14-24-59(43(31)37)68(3,65)66)41(67-2)27-40(29)58-22-15-32(16-23-58)51-19-18-50-17-11-30-12-20-57(21-13-30)33-7-8-34-35(26-33)47(64)60(46(34)63)39-9-10-42(61)55-45(39)62/h4-8,25-28,30,32,39,50-51H,9-24H2,1-3H3,(H,55,61,62)(H2,52,53,54,56). The molecule has 1 unspecified atom stereocenters. The maximum absolute atomic E-state index is 13.3. The molecule has 5 aliphatic heterocycles. The maximum Gasteiger partial charge on any atom is 0.262 e. The van der Waals surface area contributed by atoms with Crippen LogP contribution in [0.15, 0.2) is 59.2 Å². The minimum atomic E-state index is -3.45. The number of hydrogen-bond acceptors (Lipinski definition) is 15. The molecule has 68 heavy (non-hydrogen) atoms. The number of nitrogens with one attached hydrogen (secondary N) is 5. The Bertz CT molecular complexity index is 2730. The smallest absolute Gasteiger partial charge is 0.262 e. The predicted molar refractivity (Wildman–Crippen MR) is 265 cm³/mol. The number of sulfonamides is 1. The molecule has 3 fully saturated rings. The fraction of sp³-hybridized carbons (Fsp3) is 0.458. The van der Waals surface area contributed by atoms with E-state index in [1.165, 1.54) is 10.6 Å². The van der Waals surface area contributed by atoms with E-state index in [1.54, 1.807) is 25.4 Å². The predicted octanol–water partition coefficient (Wildman–Crippen LogP) is 5.22. The molecular weight excluding hydrogens is 955 g/mol. The average molecular weight is 1010 g/mol. The fourth-order valence-electron chi connectivity index (χ4n) is 10.2. The summed E-state index contributed by atoms with van der Waals surface area (Å²) in [6, 6.07) is 14.7. The molecule has 0 saturated carbocycles. The van der Waals surface area contributed by atoms with Gasteiger partial charge < -0.3 is 35.8 Å². The largest absolute Gasteiger partial charge is 0.494 e. The SMILES string of the molecule is COc1cc(N2CCC(NCCNCCC3CCN(c4ccc5c(c4)C(=O)N(C4CCC(=O)NC4=O)C5=O)CC3)CC2)c(C)cc1Nc1ncc(Br)c(Nc2cccc3c2N(S(C)(=O)=O)CC3)n1. The number of piperidine rings is 3. The van der Waals surface area contributed by atoms with Crippen LogP contribution in [0.4, 0.5) is 40.2 Å². The van der Waals surface area contributed by atoms with E-state index in [0.29, 0.717) is 69.4 Å². The molecule has 5 aliphatic rings. The number of benzene rings is 3. The lowest BCUT2D eigenvalue weighted by Gasteiger charge is -2.35. The number of fused-ring (bicyclic) bond motifs is 2. The van der Waals surface area contributed by atoms with E-state index >= 15 is 0 Å².